The lowest BCUT2D eigenvalue weighted by atomic mass is 10.1. The molecule has 1 unspecified atom stereocenters. The zero-order chi connectivity index (χ0) is 11.1. The van der Waals surface area contributed by atoms with E-state index < -0.39 is 0 Å². The minimum Gasteiger partial charge on any atom is -0.385 e. The van der Waals surface area contributed by atoms with Crippen LogP contribution in [0, 0.1) is 11.3 Å². The highest BCUT2D eigenvalue weighted by atomic mass is 32.2. The van der Waals surface area contributed by atoms with Crippen molar-refractivity contribution in [1.29, 1.82) is 5.26 Å². The van der Waals surface area contributed by atoms with Crippen molar-refractivity contribution < 1.29 is 4.74 Å². The standard InChI is InChI=1S/C11H20N2OS/c1-11(8-12,13-10-4-5-10)9-15-7-3-6-14-2/h10,13H,3-7,9H2,1-2H3. The van der Waals surface area contributed by atoms with E-state index in [1.807, 2.05) is 18.7 Å². The van der Waals surface area contributed by atoms with Gasteiger partial charge in [0.1, 0.15) is 5.54 Å². The maximum absolute atomic E-state index is 9.11. The fraction of sp³-hybridized carbons (Fsp3) is 0.909. The molecule has 0 aromatic heterocycles. The molecule has 0 amide bonds. The largest absolute Gasteiger partial charge is 0.385 e. The molecule has 0 radical (unpaired) electrons. The highest BCUT2D eigenvalue weighted by Crippen LogP contribution is 2.24. The molecule has 1 atom stereocenters. The minimum absolute atomic E-state index is 0.348. The molecule has 0 bridgehead atoms. The van der Waals surface area contributed by atoms with Crippen LogP contribution >= 0.6 is 11.8 Å². The minimum atomic E-state index is -0.348. The van der Waals surface area contributed by atoms with Crippen LogP contribution in [0.4, 0.5) is 0 Å². The van der Waals surface area contributed by atoms with E-state index in [0.29, 0.717) is 6.04 Å². The van der Waals surface area contributed by atoms with E-state index in [9.17, 15) is 0 Å². The molecule has 1 N–H and O–H groups in total. The van der Waals surface area contributed by atoms with Crippen LogP contribution in [0.25, 0.3) is 0 Å². The number of rotatable bonds is 8. The van der Waals surface area contributed by atoms with Crippen molar-refractivity contribution in [2.75, 3.05) is 25.2 Å². The van der Waals surface area contributed by atoms with Crippen LogP contribution in [0.15, 0.2) is 0 Å². The summed E-state index contributed by atoms with van der Waals surface area (Å²) in [5.74, 6) is 1.93. The number of ether oxygens (including phenoxy) is 1. The molecule has 0 aromatic rings. The summed E-state index contributed by atoms with van der Waals surface area (Å²) in [5.41, 5.74) is -0.348. The molecule has 3 nitrogen and oxygen atoms in total. The van der Waals surface area contributed by atoms with Gasteiger partial charge in [-0.2, -0.15) is 17.0 Å². The van der Waals surface area contributed by atoms with E-state index in [0.717, 1.165) is 24.5 Å². The zero-order valence-electron chi connectivity index (χ0n) is 9.58. The second-order valence-corrected chi connectivity index (χ2v) is 5.37. The van der Waals surface area contributed by atoms with Crippen LogP contribution in [0.1, 0.15) is 26.2 Å². The van der Waals surface area contributed by atoms with Gasteiger partial charge < -0.3 is 4.74 Å². The molecule has 0 heterocycles. The Morgan fingerprint density at radius 2 is 2.33 bits per heavy atom. The Morgan fingerprint density at radius 3 is 2.87 bits per heavy atom. The lowest BCUT2D eigenvalue weighted by Crippen LogP contribution is -2.44. The molecular formula is C11H20N2OS. The first kappa shape index (κ1) is 12.8. The van der Waals surface area contributed by atoms with Gasteiger partial charge in [0.05, 0.1) is 6.07 Å². The topological polar surface area (TPSA) is 45.0 Å². The highest BCUT2D eigenvalue weighted by molar-refractivity contribution is 7.99. The van der Waals surface area contributed by atoms with Crippen LogP contribution < -0.4 is 5.32 Å². The lowest BCUT2D eigenvalue weighted by Gasteiger charge is -2.22. The third-order valence-corrected chi connectivity index (χ3v) is 3.73. The molecule has 1 aliphatic rings. The molecule has 1 fully saturated rings. The van der Waals surface area contributed by atoms with Crippen LogP contribution in [0.2, 0.25) is 0 Å². The van der Waals surface area contributed by atoms with Crippen LogP contribution in [-0.4, -0.2) is 36.8 Å². The van der Waals surface area contributed by atoms with Crippen LogP contribution in [-0.2, 0) is 4.74 Å². The quantitative estimate of drug-likeness (QED) is 0.643. The number of nitrogens with one attached hydrogen (secondary N) is 1. The number of nitrogens with zero attached hydrogens (tertiary/aromatic N) is 1. The fourth-order valence-corrected chi connectivity index (χ4v) is 2.39. The van der Waals surface area contributed by atoms with Gasteiger partial charge in [0, 0.05) is 25.5 Å². The second-order valence-electron chi connectivity index (χ2n) is 4.26. The predicted molar refractivity (Wildman–Crippen MR) is 64.0 cm³/mol. The van der Waals surface area contributed by atoms with E-state index in [2.05, 4.69) is 11.4 Å². The van der Waals surface area contributed by atoms with Crippen molar-refractivity contribution in [2.45, 2.75) is 37.8 Å². The number of nitriles is 1. The summed E-state index contributed by atoms with van der Waals surface area (Å²) in [6, 6.07) is 2.97. The van der Waals surface area contributed by atoms with Crippen molar-refractivity contribution in [2.24, 2.45) is 0 Å². The highest BCUT2D eigenvalue weighted by Gasteiger charge is 2.32. The number of thioether (sulfide) groups is 1. The Labute approximate surface area is 96.6 Å². The molecule has 15 heavy (non-hydrogen) atoms. The first-order chi connectivity index (χ1) is 7.20. The van der Waals surface area contributed by atoms with Gasteiger partial charge in [-0.3, -0.25) is 5.32 Å². The van der Waals surface area contributed by atoms with Crippen LogP contribution in [0.3, 0.4) is 0 Å². The summed E-state index contributed by atoms with van der Waals surface area (Å²) in [6.07, 6.45) is 3.52. The Bertz CT molecular complexity index is 225. The maximum Gasteiger partial charge on any atom is 0.113 e. The van der Waals surface area contributed by atoms with Gasteiger partial charge >= 0.3 is 0 Å². The van der Waals surface area contributed by atoms with Gasteiger partial charge in [-0.05, 0) is 31.9 Å². The first-order valence-corrected chi connectivity index (χ1v) is 6.61. The van der Waals surface area contributed by atoms with E-state index in [-0.39, 0.29) is 5.54 Å². The van der Waals surface area contributed by atoms with Crippen molar-refractivity contribution >= 4 is 11.8 Å². The molecule has 1 saturated carbocycles. The SMILES string of the molecule is COCCCSCC(C)(C#N)NC1CC1. The molecule has 0 aromatic carbocycles. The molecule has 1 rings (SSSR count). The van der Waals surface area contributed by atoms with E-state index in [4.69, 9.17) is 10.00 Å². The van der Waals surface area contributed by atoms with Gasteiger partial charge in [-0.1, -0.05) is 0 Å². The average Bonchev–Trinajstić information content (AvgIpc) is 3.01. The van der Waals surface area contributed by atoms with Crippen LogP contribution in [0.5, 0.6) is 0 Å². The monoisotopic (exact) mass is 228 g/mol. The zero-order valence-corrected chi connectivity index (χ0v) is 10.4. The smallest absolute Gasteiger partial charge is 0.113 e. The van der Waals surface area contributed by atoms with E-state index in [1.165, 1.54) is 12.8 Å². The van der Waals surface area contributed by atoms with Gasteiger partial charge in [0.15, 0.2) is 0 Å². The van der Waals surface area contributed by atoms with Gasteiger partial charge in [-0.15, -0.1) is 0 Å². The number of methoxy groups -OCH3 is 1. The first-order valence-electron chi connectivity index (χ1n) is 5.46. The predicted octanol–water partition coefficient (Wildman–Crippen LogP) is 1.79. The summed E-state index contributed by atoms with van der Waals surface area (Å²) >= 11 is 1.83. The van der Waals surface area contributed by atoms with Gasteiger partial charge in [0.25, 0.3) is 0 Å². The summed E-state index contributed by atoms with van der Waals surface area (Å²) in [4.78, 5) is 0. The number of hydrogen-bond donors (Lipinski definition) is 1. The van der Waals surface area contributed by atoms with E-state index >= 15 is 0 Å². The Hall–Kier alpha value is -0.240. The average molecular weight is 228 g/mol. The third-order valence-electron chi connectivity index (χ3n) is 2.37. The maximum atomic E-state index is 9.11. The molecule has 0 aliphatic heterocycles. The molecule has 4 heteroatoms. The summed E-state index contributed by atoms with van der Waals surface area (Å²) in [5, 5.41) is 12.5. The molecule has 0 saturated heterocycles. The molecule has 86 valence electrons. The lowest BCUT2D eigenvalue weighted by molar-refractivity contribution is 0.200. The van der Waals surface area contributed by atoms with Crippen molar-refractivity contribution in [3.05, 3.63) is 0 Å². The Kier molecular flexibility index (Phi) is 5.44. The Balaban J connectivity index is 2.12. The van der Waals surface area contributed by atoms with Crippen molar-refractivity contribution in [3.63, 3.8) is 0 Å². The van der Waals surface area contributed by atoms with Crippen molar-refractivity contribution in [1.82, 2.24) is 5.32 Å². The normalized spacial score (nSPS) is 19.5. The fourth-order valence-electron chi connectivity index (χ4n) is 1.37. The summed E-state index contributed by atoms with van der Waals surface area (Å²) in [7, 11) is 1.72. The number of hydrogen-bond acceptors (Lipinski definition) is 4. The van der Waals surface area contributed by atoms with Gasteiger partial charge in [-0.25, -0.2) is 0 Å². The molecular weight excluding hydrogens is 208 g/mol. The summed E-state index contributed by atoms with van der Waals surface area (Å²) < 4.78 is 4.98. The molecule has 1 aliphatic carbocycles. The summed E-state index contributed by atoms with van der Waals surface area (Å²) in [6.45, 7) is 2.81. The third kappa shape index (κ3) is 5.41. The van der Waals surface area contributed by atoms with Crippen molar-refractivity contribution in [3.8, 4) is 6.07 Å². The Morgan fingerprint density at radius 1 is 1.60 bits per heavy atom. The van der Waals surface area contributed by atoms with E-state index in [1.54, 1.807) is 7.11 Å². The molecule has 0 spiro atoms. The van der Waals surface area contributed by atoms with Gasteiger partial charge in [0.2, 0.25) is 0 Å². The second kappa shape index (κ2) is 6.37.